The van der Waals surface area contributed by atoms with Gasteiger partial charge in [0.1, 0.15) is 5.75 Å². The molecule has 0 aliphatic carbocycles. The second kappa shape index (κ2) is 8.42. The molecular weight excluding hydrogens is 351 g/mol. The zero-order valence-electron chi connectivity index (χ0n) is 14.5. The summed E-state index contributed by atoms with van der Waals surface area (Å²) in [6.07, 6.45) is -1.62. The van der Waals surface area contributed by atoms with Crippen molar-refractivity contribution in [2.45, 2.75) is 32.4 Å². The van der Waals surface area contributed by atoms with Gasteiger partial charge in [0.2, 0.25) is 0 Å². The largest absolute Gasteiger partial charge is 0.494 e. The lowest BCUT2D eigenvalue weighted by Gasteiger charge is -2.18. The van der Waals surface area contributed by atoms with Gasteiger partial charge in [-0.3, -0.25) is 9.59 Å². The molecule has 26 heavy (non-hydrogen) atoms. The maximum atomic E-state index is 13.0. The molecule has 8 heteroatoms. The number of carboxylic acid groups (broad SMARTS) is 1. The number of hydrogen-bond donors (Lipinski definition) is 1. The van der Waals surface area contributed by atoms with Crippen LogP contribution >= 0.6 is 0 Å². The van der Waals surface area contributed by atoms with Gasteiger partial charge >= 0.3 is 12.1 Å². The van der Waals surface area contributed by atoms with Crippen LogP contribution in [0.5, 0.6) is 5.75 Å². The van der Waals surface area contributed by atoms with Gasteiger partial charge in [0.25, 0.3) is 5.91 Å². The number of carboxylic acids is 1. The van der Waals surface area contributed by atoms with Crippen LogP contribution in [-0.4, -0.2) is 47.8 Å². The van der Waals surface area contributed by atoms with Crippen LogP contribution in [0.3, 0.4) is 0 Å². The summed E-state index contributed by atoms with van der Waals surface area (Å²) in [6.45, 7) is 1.54. The average Bonchev–Trinajstić information content (AvgIpc) is 3.05. The number of rotatable bonds is 7. The zero-order valence-corrected chi connectivity index (χ0v) is 14.5. The quantitative estimate of drug-likeness (QED) is 0.742. The number of aliphatic carboxylic acids is 1. The SMILES string of the molecule is CCCCCOc1ccc(C(=O)N2C[C@@H](C(F)(F)F)[C@H](C(=O)O)C2)cc1. The van der Waals surface area contributed by atoms with Crippen LogP contribution in [0.1, 0.15) is 36.5 Å². The molecule has 0 saturated carbocycles. The number of nitrogens with zero attached hydrogens (tertiary/aromatic N) is 1. The van der Waals surface area contributed by atoms with Crippen molar-refractivity contribution in [3.8, 4) is 5.75 Å². The van der Waals surface area contributed by atoms with Crippen molar-refractivity contribution in [3.63, 3.8) is 0 Å². The molecule has 1 saturated heterocycles. The number of carbonyl (C=O) groups excluding carboxylic acids is 1. The van der Waals surface area contributed by atoms with Gasteiger partial charge in [0.05, 0.1) is 18.4 Å². The van der Waals surface area contributed by atoms with Gasteiger partial charge in [-0.1, -0.05) is 19.8 Å². The average molecular weight is 373 g/mol. The molecule has 0 radical (unpaired) electrons. The van der Waals surface area contributed by atoms with Gasteiger partial charge in [0, 0.05) is 18.7 Å². The number of halogens is 3. The fourth-order valence-electron chi connectivity index (χ4n) is 2.97. The predicted octanol–water partition coefficient (Wildman–Crippen LogP) is 3.59. The third kappa shape index (κ3) is 4.89. The topological polar surface area (TPSA) is 66.8 Å². The third-order valence-corrected chi connectivity index (χ3v) is 4.46. The highest BCUT2D eigenvalue weighted by molar-refractivity contribution is 5.95. The molecule has 1 aliphatic rings. The first kappa shape index (κ1) is 20.1. The number of carbonyl (C=O) groups is 2. The summed E-state index contributed by atoms with van der Waals surface area (Å²) in [4.78, 5) is 24.5. The maximum Gasteiger partial charge on any atom is 0.394 e. The predicted molar refractivity (Wildman–Crippen MR) is 88.0 cm³/mol. The van der Waals surface area contributed by atoms with Crippen molar-refractivity contribution in [1.82, 2.24) is 4.90 Å². The number of alkyl halides is 3. The zero-order chi connectivity index (χ0) is 19.3. The van der Waals surface area contributed by atoms with E-state index in [4.69, 9.17) is 9.84 Å². The van der Waals surface area contributed by atoms with E-state index in [1.807, 2.05) is 0 Å². The highest BCUT2D eigenvalue weighted by atomic mass is 19.4. The van der Waals surface area contributed by atoms with E-state index < -0.39 is 43.0 Å². The van der Waals surface area contributed by atoms with Crippen LogP contribution in [0.2, 0.25) is 0 Å². The molecule has 0 bridgehead atoms. The fraction of sp³-hybridized carbons (Fsp3) is 0.556. The monoisotopic (exact) mass is 373 g/mol. The molecule has 5 nitrogen and oxygen atoms in total. The molecule has 2 atom stereocenters. The molecule has 1 heterocycles. The van der Waals surface area contributed by atoms with E-state index in [2.05, 4.69) is 6.92 Å². The summed E-state index contributed by atoms with van der Waals surface area (Å²) in [7, 11) is 0. The second-order valence-electron chi connectivity index (χ2n) is 6.38. The Kier molecular flexibility index (Phi) is 6.50. The molecule has 1 fully saturated rings. The summed E-state index contributed by atoms with van der Waals surface area (Å²) in [6, 6.07) is 6.14. The Bertz CT molecular complexity index is 630. The lowest BCUT2D eigenvalue weighted by molar-refractivity contribution is -0.187. The molecule has 0 aromatic heterocycles. The number of amides is 1. The number of likely N-dealkylation sites (tertiary alicyclic amines) is 1. The molecule has 1 amide bonds. The Hall–Kier alpha value is -2.25. The van der Waals surface area contributed by atoms with E-state index in [1.54, 1.807) is 12.1 Å². The van der Waals surface area contributed by atoms with Crippen molar-refractivity contribution in [1.29, 1.82) is 0 Å². The van der Waals surface area contributed by atoms with E-state index in [-0.39, 0.29) is 5.56 Å². The minimum atomic E-state index is -4.66. The molecule has 144 valence electrons. The number of benzene rings is 1. The summed E-state index contributed by atoms with van der Waals surface area (Å²) in [5, 5.41) is 9.02. The van der Waals surface area contributed by atoms with Gasteiger partial charge < -0.3 is 14.7 Å². The summed E-state index contributed by atoms with van der Waals surface area (Å²) in [5.74, 6) is -5.26. The van der Waals surface area contributed by atoms with E-state index >= 15 is 0 Å². The van der Waals surface area contributed by atoms with Crippen LogP contribution in [0.25, 0.3) is 0 Å². The Morgan fingerprint density at radius 1 is 1.19 bits per heavy atom. The van der Waals surface area contributed by atoms with Crippen molar-refractivity contribution < 1.29 is 32.6 Å². The van der Waals surface area contributed by atoms with Crippen molar-refractivity contribution in [3.05, 3.63) is 29.8 Å². The summed E-state index contributed by atoms with van der Waals surface area (Å²) in [5.41, 5.74) is 0.206. The first-order chi connectivity index (χ1) is 12.2. The molecule has 0 unspecified atom stereocenters. The van der Waals surface area contributed by atoms with E-state index in [0.29, 0.717) is 12.4 Å². The minimum absolute atomic E-state index is 0.206. The summed E-state index contributed by atoms with van der Waals surface area (Å²) >= 11 is 0. The number of ether oxygens (including phenoxy) is 1. The van der Waals surface area contributed by atoms with Crippen LogP contribution in [0, 0.1) is 11.8 Å². The van der Waals surface area contributed by atoms with Crippen molar-refractivity contribution in [2.75, 3.05) is 19.7 Å². The standard InChI is InChI=1S/C18H22F3NO4/c1-2-3-4-9-26-13-7-5-12(6-8-13)16(23)22-10-14(17(24)25)15(11-22)18(19,20)21/h5-8,14-15H,2-4,9-11H2,1H3,(H,24,25)/t14-,15-/m1/s1. The van der Waals surface area contributed by atoms with E-state index in [9.17, 15) is 22.8 Å². The third-order valence-electron chi connectivity index (χ3n) is 4.46. The number of hydrogen-bond acceptors (Lipinski definition) is 3. The van der Waals surface area contributed by atoms with Crippen molar-refractivity contribution >= 4 is 11.9 Å². The highest BCUT2D eigenvalue weighted by Crippen LogP contribution is 2.38. The van der Waals surface area contributed by atoms with E-state index in [1.165, 1.54) is 12.1 Å². The molecule has 1 N–H and O–H groups in total. The first-order valence-corrected chi connectivity index (χ1v) is 8.55. The second-order valence-corrected chi connectivity index (χ2v) is 6.38. The van der Waals surface area contributed by atoms with Crippen LogP contribution in [-0.2, 0) is 4.79 Å². The summed E-state index contributed by atoms with van der Waals surface area (Å²) < 4.78 is 44.6. The van der Waals surface area contributed by atoms with Crippen LogP contribution in [0.4, 0.5) is 13.2 Å². The first-order valence-electron chi connectivity index (χ1n) is 8.55. The maximum absolute atomic E-state index is 13.0. The Morgan fingerprint density at radius 3 is 2.35 bits per heavy atom. The lowest BCUT2D eigenvalue weighted by atomic mass is 9.96. The Balaban J connectivity index is 2.01. The van der Waals surface area contributed by atoms with Crippen LogP contribution < -0.4 is 4.74 Å². The molecule has 1 aliphatic heterocycles. The normalized spacial score (nSPS) is 20.2. The van der Waals surface area contributed by atoms with E-state index in [0.717, 1.165) is 24.2 Å². The Labute approximate surface area is 149 Å². The highest BCUT2D eigenvalue weighted by Gasteiger charge is 2.53. The van der Waals surface area contributed by atoms with Gasteiger partial charge in [-0.15, -0.1) is 0 Å². The van der Waals surface area contributed by atoms with Crippen molar-refractivity contribution in [2.24, 2.45) is 11.8 Å². The minimum Gasteiger partial charge on any atom is -0.494 e. The molecule has 1 aromatic rings. The molecular formula is C18H22F3NO4. The molecule has 2 rings (SSSR count). The van der Waals surface area contributed by atoms with Gasteiger partial charge in [0.15, 0.2) is 0 Å². The van der Waals surface area contributed by atoms with Gasteiger partial charge in [-0.05, 0) is 30.7 Å². The van der Waals surface area contributed by atoms with Gasteiger partial charge in [-0.25, -0.2) is 0 Å². The van der Waals surface area contributed by atoms with Crippen LogP contribution in [0.15, 0.2) is 24.3 Å². The number of unbranched alkanes of at least 4 members (excludes halogenated alkanes) is 2. The smallest absolute Gasteiger partial charge is 0.394 e. The Morgan fingerprint density at radius 2 is 1.85 bits per heavy atom. The fourth-order valence-corrected chi connectivity index (χ4v) is 2.97. The lowest BCUT2D eigenvalue weighted by Crippen LogP contribution is -2.34. The molecule has 1 aromatic carbocycles. The molecule has 0 spiro atoms. The van der Waals surface area contributed by atoms with Gasteiger partial charge in [-0.2, -0.15) is 13.2 Å².